The predicted molar refractivity (Wildman–Crippen MR) is 101 cm³/mol. The fourth-order valence-electron chi connectivity index (χ4n) is 3.14. The minimum Gasteiger partial charge on any atom is -0.463 e. The lowest BCUT2D eigenvalue weighted by atomic mass is 10.1. The fraction of sp³-hybridized carbons (Fsp3) is 0.150. The molecular formula is C20H14N2O3S. The topological polar surface area (TPSA) is 83.1 Å². The summed E-state index contributed by atoms with van der Waals surface area (Å²) < 4.78 is 5.43. The summed E-state index contributed by atoms with van der Waals surface area (Å²) in [4.78, 5) is 25.8. The van der Waals surface area contributed by atoms with Crippen LogP contribution in [0.15, 0.2) is 45.8 Å². The maximum Gasteiger partial charge on any atom is 0.249 e. The number of carbonyl (C=O) groups is 1. The Morgan fingerprint density at radius 2 is 2.15 bits per heavy atom. The van der Waals surface area contributed by atoms with Crippen LogP contribution in [0.2, 0.25) is 0 Å². The molecule has 0 bridgehead atoms. The van der Waals surface area contributed by atoms with Crippen LogP contribution >= 0.6 is 11.3 Å². The average molecular weight is 362 g/mol. The van der Waals surface area contributed by atoms with E-state index in [1.165, 1.54) is 34.6 Å². The van der Waals surface area contributed by atoms with Crippen LogP contribution in [0.5, 0.6) is 0 Å². The maximum absolute atomic E-state index is 12.4. The van der Waals surface area contributed by atoms with Gasteiger partial charge in [0, 0.05) is 11.0 Å². The van der Waals surface area contributed by atoms with E-state index < -0.39 is 0 Å². The third-order valence-corrected chi connectivity index (χ3v) is 5.60. The van der Waals surface area contributed by atoms with Crippen molar-refractivity contribution in [3.8, 4) is 6.07 Å². The van der Waals surface area contributed by atoms with Crippen molar-refractivity contribution in [1.82, 2.24) is 0 Å². The molecule has 1 aromatic carbocycles. The van der Waals surface area contributed by atoms with E-state index in [1.807, 2.05) is 0 Å². The Morgan fingerprint density at radius 1 is 1.31 bits per heavy atom. The zero-order valence-electron chi connectivity index (χ0n) is 13.7. The molecule has 0 saturated heterocycles. The smallest absolute Gasteiger partial charge is 0.249 e. The normalized spacial score (nSPS) is 13.0. The molecule has 3 aromatic rings. The summed E-state index contributed by atoms with van der Waals surface area (Å²) in [6.07, 6.45) is 6.96. The summed E-state index contributed by atoms with van der Waals surface area (Å²) in [5.41, 5.74) is 2.24. The van der Waals surface area contributed by atoms with Crippen molar-refractivity contribution < 1.29 is 9.21 Å². The van der Waals surface area contributed by atoms with E-state index in [-0.39, 0.29) is 11.3 Å². The number of para-hydroxylation sites is 1. The van der Waals surface area contributed by atoms with E-state index in [1.54, 1.807) is 24.3 Å². The van der Waals surface area contributed by atoms with Crippen LogP contribution in [0.4, 0.5) is 5.00 Å². The molecule has 128 valence electrons. The van der Waals surface area contributed by atoms with Crippen LogP contribution < -0.4 is 10.7 Å². The molecule has 0 atom stereocenters. The lowest BCUT2D eigenvalue weighted by Gasteiger charge is -2.00. The van der Waals surface area contributed by atoms with Crippen molar-refractivity contribution in [2.75, 3.05) is 5.32 Å². The van der Waals surface area contributed by atoms with Gasteiger partial charge < -0.3 is 9.73 Å². The second kappa shape index (κ2) is 6.62. The molecule has 0 spiro atoms. The molecule has 1 N–H and O–H groups in total. The molecule has 0 unspecified atom stereocenters. The Morgan fingerprint density at radius 3 is 3.00 bits per heavy atom. The van der Waals surface area contributed by atoms with Crippen molar-refractivity contribution >= 4 is 39.3 Å². The van der Waals surface area contributed by atoms with Crippen LogP contribution in [-0.4, -0.2) is 5.91 Å². The fourth-order valence-corrected chi connectivity index (χ4v) is 4.38. The summed E-state index contributed by atoms with van der Waals surface area (Å²) in [7, 11) is 0. The Bertz CT molecular complexity index is 1150. The maximum atomic E-state index is 12.4. The first-order chi connectivity index (χ1) is 12.7. The number of nitrogens with zero attached hydrogens (tertiary/aromatic N) is 1. The van der Waals surface area contributed by atoms with Crippen LogP contribution in [0.25, 0.3) is 17.0 Å². The van der Waals surface area contributed by atoms with Gasteiger partial charge in [-0.15, -0.1) is 11.3 Å². The molecule has 0 saturated carbocycles. The van der Waals surface area contributed by atoms with E-state index in [0.717, 1.165) is 24.8 Å². The highest BCUT2D eigenvalue weighted by atomic mass is 32.1. The second-order valence-corrected chi connectivity index (χ2v) is 7.12. The number of aryl methyl sites for hydroxylation is 1. The third-order valence-electron chi connectivity index (χ3n) is 4.39. The Hall–Kier alpha value is -3.17. The summed E-state index contributed by atoms with van der Waals surface area (Å²) in [6.45, 7) is 0. The standard InChI is InChI=1S/C20H14N2O3S/c21-10-15-13-5-3-7-17(13)26-20(15)22-18(23)9-8-12-11-25-16-6-2-1-4-14(16)19(12)24/h1-2,4,6,8-9,11H,3,5,7H2,(H,22,23)/b9-8+. The number of nitriles is 1. The molecule has 4 rings (SSSR count). The molecule has 0 fully saturated rings. The number of hydrogen-bond donors (Lipinski definition) is 1. The van der Waals surface area contributed by atoms with Gasteiger partial charge >= 0.3 is 0 Å². The highest BCUT2D eigenvalue weighted by Gasteiger charge is 2.22. The SMILES string of the molecule is N#Cc1c(NC(=O)/C=C/c2coc3ccccc3c2=O)sc2c1CCC2. The van der Waals surface area contributed by atoms with E-state index >= 15 is 0 Å². The molecule has 0 aliphatic heterocycles. The van der Waals surface area contributed by atoms with Gasteiger partial charge in [-0.25, -0.2) is 0 Å². The van der Waals surface area contributed by atoms with Crippen molar-refractivity contribution in [2.45, 2.75) is 19.3 Å². The van der Waals surface area contributed by atoms with Crippen LogP contribution in [-0.2, 0) is 17.6 Å². The van der Waals surface area contributed by atoms with E-state index in [2.05, 4.69) is 11.4 Å². The number of anilines is 1. The largest absolute Gasteiger partial charge is 0.463 e. The number of benzene rings is 1. The number of amides is 1. The van der Waals surface area contributed by atoms with Crippen molar-refractivity contribution in [3.63, 3.8) is 0 Å². The quantitative estimate of drug-likeness (QED) is 0.717. The van der Waals surface area contributed by atoms with E-state index in [9.17, 15) is 14.9 Å². The highest BCUT2D eigenvalue weighted by molar-refractivity contribution is 7.16. The number of thiophene rings is 1. The van der Waals surface area contributed by atoms with Gasteiger partial charge in [-0.2, -0.15) is 5.26 Å². The molecule has 5 nitrogen and oxygen atoms in total. The lowest BCUT2D eigenvalue weighted by molar-refractivity contribution is -0.111. The predicted octanol–water partition coefficient (Wildman–Crippen LogP) is 3.87. The molecule has 1 aliphatic rings. The first-order valence-electron chi connectivity index (χ1n) is 8.21. The zero-order chi connectivity index (χ0) is 18.1. The second-order valence-electron chi connectivity index (χ2n) is 6.01. The molecule has 0 radical (unpaired) electrons. The summed E-state index contributed by atoms with van der Waals surface area (Å²) in [5.74, 6) is -0.381. The van der Waals surface area contributed by atoms with Crippen LogP contribution in [0.3, 0.4) is 0 Å². The summed E-state index contributed by atoms with van der Waals surface area (Å²) in [5, 5.41) is 13.2. The molecule has 6 heteroatoms. The molecule has 2 heterocycles. The van der Waals surface area contributed by atoms with Crippen LogP contribution in [0, 0.1) is 11.3 Å². The van der Waals surface area contributed by atoms with Gasteiger partial charge in [0.05, 0.1) is 16.5 Å². The zero-order valence-corrected chi connectivity index (χ0v) is 14.6. The van der Waals surface area contributed by atoms with Gasteiger partial charge in [-0.05, 0) is 43.0 Å². The molecule has 26 heavy (non-hydrogen) atoms. The van der Waals surface area contributed by atoms with Crippen molar-refractivity contribution in [2.24, 2.45) is 0 Å². The van der Waals surface area contributed by atoms with Crippen LogP contribution in [0.1, 0.15) is 28.0 Å². The first kappa shape index (κ1) is 16.3. The summed E-state index contributed by atoms with van der Waals surface area (Å²) in [6, 6.07) is 9.15. The Kier molecular flexibility index (Phi) is 4.15. The lowest BCUT2D eigenvalue weighted by Crippen LogP contribution is -2.09. The van der Waals surface area contributed by atoms with E-state index in [4.69, 9.17) is 4.42 Å². The van der Waals surface area contributed by atoms with Crippen molar-refractivity contribution in [3.05, 3.63) is 68.4 Å². The first-order valence-corrected chi connectivity index (χ1v) is 9.03. The highest BCUT2D eigenvalue weighted by Crippen LogP contribution is 2.38. The number of hydrogen-bond acceptors (Lipinski definition) is 5. The van der Waals surface area contributed by atoms with Gasteiger partial charge in [0.1, 0.15) is 22.9 Å². The monoisotopic (exact) mass is 362 g/mol. The number of fused-ring (bicyclic) bond motifs is 2. The van der Waals surface area contributed by atoms with Gasteiger partial charge in [0.15, 0.2) is 5.43 Å². The van der Waals surface area contributed by atoms with E-state index in [0.29, 0.717) is 27.1 Å². The average Bonchev–Trinajstić information content (AvgIpc) is 3.22. The van der Waals surface area contributed by atoms with Gasteiger partial charge in [-0.1, -0.05) is 12.1 Å². The number of rotatable bonds is 3. The van der Waals surface area contributed by atoms with Crippen molar-refractivity contribution in [1.29, 1.82) is 5.26 Å². The molecular weight excluding hydrogens is 348 g/mol. The number of carbonyl (C=O) groups excluding carboxylic acids is 1. The Labute approximate surface area is 153 Å². The third kappa shape index (κ3) is 2.83. The summed E-state index contributed by atoms with van der Waals surface area (Å²) >= 11 is 1.46. The number of nitrogens with one attached hydrogen (secondary N) is 1. The minimum absolute atomic E-state index is 0.191. The van der Waals surface area contributed by atoms with Gasteiger partial charge in [-0.3, -0.25) is 9.59 Å². The minimum atomic E-state index is -0.381. The Balaban J connectivity index is 1.57. The molecule has 1 amide bonds. The molecule has 2 aromatic heterocycles. The van der Waals surface area contributed by atoms with Gasteiger partial charge in [0.25, 0.3) is 0 Å². The molecule has 1 aliphatic carbocycles. The van der Waals surface area contributed by atoms with Gasteiger partial charge in [0.2, 0.25) is 5.91 Å².